The predicted octanol–water partition coefficient (Wildman–Crippen LogP) is 4.26. The number of aliphatic imine (C=N–C) groups is 1. The van der Waals surface area contributed by atoms with E-state index >= 15 is 0 Å². The molecule has 1 N–H and O–H groups in total. The smallest absolute Gasteiger partial charge is 0.337 e. The van der Waals surface area contributed by atoms with Gasteiger partial charge in [-0.05, 0) is 35.2 Å². The fourth-order valence-corrected chi connectivity index (χ4v) is 4.09. The Morgan fingerprint density at radius 3 is 2.45 bits per heavy atom. The predicted molar refractivity (Wildman–Crippen MR) is 128 cm³/mol. The Balaban J connectivity index is 1.60. The topological polar surface area (TPSA) is 63.5 Å². The summed E-state index contributed by atoms with van der Waals surface area (Å²) < 4.78 is 9.93. The number of aliphatic hydroxyl groups excluding tert-OH is 1. The Labute approximate surface area is 192 Å². The van der Waals surface area contributed by atoms with E-state index in [0.29, 0.717) is 24.7 Å². The van der Waals surface area contributed by atoms with Gasteiger partial charge in [-0.3, -0.25) is 0 Å². The molecule has 4 aromatic rings. The number of aromatic nitrogens is 3. The molecule has 0 aliphatic carbocycles. The molecule has 1 aliphatic rings. The summed E-state index contributed by atoms with van der Waals surface area (Å²) in [5, 5.41) is 13.9. The zero-order chi connectivity index (χ0) is 22.6. The quantitative estimate of drug-likeness (QED) is 0.439. The highest BCUT2D eigenvalue weighted by molar-refractivity contribution is 6.28. The summed E-state index contributed by atoms with van der Waals surface area (Å²) in [6.45, 7) is 2.81. The van der Waals surface area contributed by atoms with Crippen LogP contribution in [-0.2, 0) is 13.2 Å². The van der Waals surface area contributed by atoms with Crippen molar-refractivity contribution in [2.75, 3.05) is 6.61 Å². The Morgan fingerprint density at radius 1 is 0.970 bits per heavy atom. The van der Waals surface area contributed by atoms with Gasteiger partial charge in [-0.15, -0.1) is 0 Å². The average Bonchev–Trinajstić information content (AvgIpc) is 3.37. The molecule has 0 saturated carbocycles. The van der Waals surface area contributed by atoms with Crippen LogP contribution in [0.1, 0.15) is 23.7 Å². The summed E-state index contributed by atoms with van der Waals surface area (Å²) in [7, 11) is 0. The second-order valence-corrected chi connectivity index (χ2v) is 7.81. The SMILES string of the molecule is CC1=C(c2ccccc2)C(=Nc2cnn(CCO)c2OCc2ccccc2)[n+]2ccccc21. The molecule has 0 amide bonds. The molecule has 1 aliphatic heterocycles. The van der Waals surface area contributed by atoms with E-state index in [2.05, 4.69) is 34.8 Å². The first-order valence-corrected chi connectivity index (χ1v) is 11.0. The Bertz CT molecular complexity index is 1320. The Kier molecular flexibility index (Phi) is 5.83. The lowest BCUT2D eigenvalue weighted by Crippen LogP contribution is -2.42. The molecule has 2 aromatic carbocycles. The van der Waals surface area contributed by atoms with Gasteiger partial charge in [0.1, 0.15) is 18.5 Å². The molecule has 0 spiro atoms. The molecule has 3 heterocycles. The number of hydrogen-bond donors (Lipinski definition) is 1. The van der Waals surface area contributed by atoms with Crippen molar-refractivity contribution in [3.05, 3.63) is 108 Å². The first kappa shape index (κ1) is 20.8. The van der Waals surface area contributed by atoms with Crippen LogP contribution >= 0.6 is 0 Å². The lowest BCUT2D eigenvalue weighted by atomic mass is 10.0. The van der Waals surface area contributed by atoms with Crippen LogP contribution in [0.15, 0.2) is 96.2 Å². The number of hydrogen-bond acceptors (Lipinski definition) is 4. The summed E-state index contributed by atoms with van der Waals surface area (Å²) >= 11 is 0. The van der Waals surface area contributed by atoms with Crippen molar-refractivity contribution in [1.82, 2.24) is 9.78 Å². The largest absolute Gasteiger partial charge is 0.470 e. The minimum Gasteiger partial charge on any atom is -0.470 e. The van der Waals surface area contributed by atoms with Gasteiger partial charge >= 0.3 is 5.84 Å². The molecule has 0 fully saturated rings. The molecule has 0 unspecified atom stereocenters. The van der Waals surface area contributed by atoms with E-state index in [0.717, 1.165) is 33.8 Å². The van der Waals surface area contributed by atoms with Gasteiger partial charge in [-0.1, -0.05) is 66.7 Å². The molecule has 2 aromatic heterocycles. The third-order valence-corrected chi connectivity index (χ3v) is 5.66. The number of fused-ring (bicyclic) bond motifs is 1. The van der Waals surface area contributed by atoms with Crippen molar-refractivity contribution in [2.24, 2.45) is 4.99 Å². The van der Waals surface area contributed by atoms with Crippen LogP contribution in [0.25, 0.3) is 11.1 Å². The van der Waals surface area contributed by atoms with Gasteiger partial charge in [-0.2, -0.15) is 9.67 Å². The second-order valence-electron chi connectivity index (χ2n) is 7.81. The highest BCUT2D eigenvalue weighted by atomic mass is 16.5. The van der Waals surface area contributed by atoms with Crippen molar-refractivity contribution in [1.29, 1.82) is 0 Å². The molecule has 6 heteroatoms. The average molecular weight is 438 g/mol. The van der Waals surface area contributed by atoms with E-state index in [-0.39, 0.29) is 6.61 Å². The Morgan fingerprint density at radius 2 is 1.70 bits per heavy atom. The van der Waals surface area contributed by atoms with Crippen molar-refractivity contribution < 1.29 is 14.4 Å². The maximum Gasteiger partial charge on any atom is 0.337 e. The van der Waals surface area contributed by atoms with Gasteiger partial charge in [0.15, 0.2) is 0 Å². The minimum absolute atomic E-state index is 0.0365. The summed E-state index contributed by atoms with van der Waals surface area (Å²) in [4.78, 5) is 5.05. The minimum atomic E-state index is -0.0365. The molecular weight excluding hydrogens is 412 g/mol. The molecule has 0 atom stereocenters. The normalized spacial score (nSPS) is 14.1. The van der Waals surface area contributed by atoms with Crippen LogP contribution in [-0.4, -0.2) is 27.3 Å². The molecule has 6 nitrogen and oxygen atoms in total. The van der Waals surface area contributed by atoms with Gasteiger partial charge in [0, 0.05) is 5.57 Å². The zero-order valence-corrected chi connectivity index (χ0v) is 18.4. The number of benzene rings is 2. The van der Waals surface area contributed by atoms with Crippen LogP contribution in [0.4, 0.5) is 5.69 Å². The standard InChI is InChI=1S/C27H25N4O2/c1-20-24-14-8-9-15-30(24)26(25(20)22-12-6-3-7-13-22)29-23-18-28-31(16-17-32)27(23)33-19-21-10-4-2-5-11-21/h2-15,18,32H,16-17,19H2,1H3/q+1. The molecule has 164 valence electrons. The molecule has 33 heavy (non-hydrogen) atoms. The number of allylic oxidation sites excluding steroid dienone is 2. The van der Waals surface area contributed by atoms with Crippen molar-refractivity contribution in [3.8, 4) is 5.88 Å². The maximum absolute atomic E-state index is 9.51. The highest BCUT2D eigenvalue weighted by Gasteiger charge is 2.34. The molecule has 0 bridgehead atoms. The summed E-state index contributed by atoms with van der Waals surface area (Å²) in [5.74, 6) is 1.36. The lowest BCUT2D eigenvalue weighted by molar-refractivity contribution is -0.553. The summed E-state index contributed by atoms with van der Waals surface area (Å²) in [6.07, 6.45) is 3.72. The number of ether oxygens (including phenoxy) is 1. The maximum atomic E-state index is 9.51. The summed E-state index contributed by atoms with van der Waals surface area (Å²) in [5.41, 5.74) is 6.12. The van der Waals surface area contributed by atoms with E-state index in [1.54, 1.807) is 10.9 Å². The van der Waals surface area contributed by atoms with Gasteiger partial charge in [0.2, 0.25) is 0 Å². The molecule has 5 rings (SSSR count). The van der Waals surface area contributed by atoms with Gasteiger partial charge in [-0.25, -0.2) is 4.68 Å². The second kappa shape index (κ2) is 9.22. The first-order chi connectivity index (χ1) is 16.3. The van der Waals surface area contributed by atoms with Crippen LogP contribution < -0.4 is 9.30 Å². The van der Waals surface area contributed by atoms with E-state index in [1.165, 1.54) is 0 Å². The number of nitrogens with zero attached hydrogens (tertiary/aromatic N) is 4. The van der Waals surface area contributed by atoms with E-state index in [9.17, 15) is 5.11 Å². The monoisotopic (exact) mass is 437 g/mol. The number of aliphatic hydroxyl groups is 1. The first-order valence-electron chi connectivity index (χ1n) is 11.0. The lowest BCUT2D eigenvalue weighted by Gasteiger charge is -2.08. The zero-order valence-electron chi connectivity index (χ0n) is 18.4. The van der Waals surface area contributed by atoms with E-state index in [1.807, 2.05) is 66.9 Å². The van der Waals surface area contributed by atoms with Crippen LogP contribution in [0.2, 0.25) is 0 Å². The van der Waals surface area contributed by atoms with Crippen LogP contribution in [0.5, 0.6) is 5.88 Å². The van der Waals surface area contributed by atoms with Gasteiger partial charge in [0.25, 0.3) is 11.6 Å². The number of pyridine rings is 1. The van der Waals surface area contributed by atoms with Crippen molar-refractivity contribution in [3.63, 3.8) is 0 Å². The third kappa shape index (κ3) is 4.08. The third-order valence-electron chi connectivity index (χ3n) is 5.66. The number of rotatable bonds is 7. The van der Waals surface area contributed by atoms with Crippen LogP contribution in [0.3, 0.4) is 0 Å². The molecular formula is C27H25N4O2+. The summed E-state index contributed by atoms with van der Waals surface area (Å²) in [6, 6.07) is 26.4. The molecule has 0 saturated heterocycles. The van der Waals surface area contributed by atoms with Crippen molar-refractivity contribution >= 4 is 22.7 Å². The Hall–Kier alpha value is -4.03. The fraction of sp³-hybridized carbons (Fsp3) is 0.148. The van der Waals surface area contributed by atoms with Gasteiger partial charge < -0.3 is 9.84 Å². The van der Waals surface area contributed by atoms with Gasteiger partial charge in [0.05, 0.1) is 24.9 Å². The van der Waals surface area contributed by atoms with Crippen LogP contribution in [0, 0.1) is 0 Å². The van der Waals surface area contributed by atoms with E-state index < -0.39 is 0 Å². The fourth-order valence-electron chi connectivity index (χ4n) is 4.09. The molecule has 0 radical (unpaired) electrons. The van der Waals surface area contributed by atoms with Crippen molar-refractivity contribution in [2.45, 2.75) is 20.1 Å². The highest BCUT2D eigenvalue weighted by Crippen LogP contribution is 2.34. The van der Waals surface area contributed by atoms with E-state index in [4.69, 9.17) is 9.73 Å².